The Hall–Kier alpha value is -0.0800. The van der Waals surface area contributed by atoms with E-state index in [-0.39, 0.29) is 6.04 Å². The highest BCUT2D eigenvalue weighted by Crippen LogP contribution is 1.78. The van der Waals surface area contributed by atoms with Crippen LogP contribution >= 0.6 is 0 Å². The van der Waals surface area contributed by atoms with E-state index in [1.807, 2.05) is 6.92 Å². The molecule has 1 radical (unpaired) electrons. The highest BCUT2D eigenvalue weighted by molar-refractivity contribution is 4.65. The summed E-state index contributed by atoms with van der Waals surface area (Å²) >= 11 is 0. The van der Waals surface area contributed by atoms with Crippen molar-refractivity contribution in [3.63, 3.8) is 0 Å². The number of rotatable bonds is 4. The van der Waals surface area contributed by atoms with Crippen molar-refractivity contribution >= 4 is 0 Å². The van der Waals surface area contributed by atoms with Gasteiger partial charge in [0.15, 0.2) is 0 Å². The second-order valence-electron chi connectivity index (χ2n) is 1.71. The second kappa shape index (κ2) is 5.06. The maximum Gasteiger partial charge on any atom is 0.0615 e. The van der Waals surface area contributed by atoms with Gasteiger partial charge < -0.3 is 10.1 Å². The van der Waals surface area contributed by atoms with Crippen molar-refractivity contribution in [3.8, 4) is 0 Å². The Balaban J connectivity index is 2.92. The van der Waals surface area contributed by atoms with E-state index in [9.17, 15) is 0 Å². The van der Waals surface area contributed by atoms with Gasteiger partial charge in [-0.15, -0.1) is 0 Å². The molecular formula is C6H14NO. The molecule has 0 fully saturated rings. The van der Waals surface area contributed by atoms with Crippen LogP contribution in [0.2, 0.25) is 0 Å². The zero-order chi connectivity index (χ0) is 6.41. The first-order valence-electron chi connectivity index (χ1n) is 2.86. The van der Waals surface area contributed by atoms with Crippen LogP contribution in [0.25, 0.3) is 0 Å². The molecule has 0 aliphatic heterocycles. The van der Waals surface area contributed by atoms with E-state index >= 15 is 0 Å². The minimum Gasteiger partial charge on any atom is -0.383 e. The molecular weight excluding hydrogens is 102 g/mol. The first kappa shape index (κ1) is 7.92. The largest absolute Gasteiger partial charge is 0.383 e. The first-order valence-corrected chi connectivity index (χ1v) is 2.86. The van der Waals surface area contributed by atoms with Crippen LogP contribution < -0.4 is 5.32 Å². The molecule has 0 aromatic carbocycles. The molecule has 49 valence electrons. The molecule has 0 bridgehead atoms. The molecule has 0 aromatic rings. The highest BCUT2D eigenvalue weighted by Gasteiger charge is 1.94. The molecule has 0 unspecified atom stereocenters. The van der Waals surface area contributed by atoms with Gasteiger partial charge in [-0.05, 0) is 13.5 Å². The lowest BCUT2D eigenvalue weighted by Gasteiger charge is -2.08. The van der Waals surface area contributed by atoms with Crippen LogP contribution in [-0.4, -0.2) is 26.3 Å². The topological polar surface area (TPSA) is 21.3 Å². The molecule has 2 nitrogen and oxygen atoms in total. The molecule has 8 heavy (non-hydrogen) atoms. The van der Waals surface area contributed by atoms with Gasteiger partial charge in [0.2, 0.25) is 0 Å². The smallest absolute Gasteiger partial charge is 0.0615 e. The first-order chi connectivity index (χ1) is 3.81. The van der Waals surface area contributed by atoms with Crippen molar-refractivity contribution in [1.29, 1.82) is 0 Å². The summed E-state index contributed by atoms with van der Waals surface area (Å²) in [6, 6.07) is 0.241. The zero-order valence-corrected chi connectivity index (χ0v) is 5.61. The average Bonchev–Trinajstić information content (AvgIpc) is 1.68. The van der Waals surface area contributed by atoms with Crippen LogP contribution in [0.1, 0.15) is 6.92 Å². The van der Waals surface area contributed by atoms with Gasteiger partial charge in [0.25, 0.3) is 0 Å². The van der Waals surface area contributed by atoms with E-state index in [4.69, 9.17) is 4.74 Å². The van der Waals surface area contributed by atoms with E-state index in [0.717, 1.165) is 6.54 Å². The van der Waals surface area contributed by atoms with Gasteiger partial charge in [0.1, 0.15) is 0 Å². The summed E-state index contributed by atoms with van der Waals surface area (Å²) in [4.78, 5) is 0. The van der Waals surface area contributed by atoms with Crippen LogP contribution in [0.5, 0.6) is 0 Å². The van der Waals surface area contributed by atoms with Crippen molar-refractivity contribution in [2.75, 3.05) is 20.3 Å². The predicted molar refractivity (Wildman–Crippen MR) is 34.7 cm³/mol. The van der Waals surface area contributed by atoms with E-state index in [2.05, 4.69) is 12.2 Å². The van der Waals surface area contributed by atoms with E-state index in [0.29, 0.717) is 6.61 Å². The van der Waals surface area contributed by atoms with Crippen molar-refractivity contribution < 1.29 is 4.74 Å². The number of likely N-dealkylation sites (N-methyl/N-ethyl adjacent to an activating group) is 1. The van der Waals surface area contributed by atoms with Gasteiger partial charge >= 0.3 is 0 Å². The lowest BCUT2D eigenvalue weighted by molar-refractivity contribution is 0.180. The standard InChI is InChI=1S/C6H14NO/c1-4-7-6(2)5-8-3/h6-7H,2,4-5H2,1,3H3/t6-/m0/s1. The third-order valence-electron chi connectivity index (χ3n) is 0.861. The van der Waals surface area contributed by atoms with Gasteiger partial charge in [-0.3, -0.25) is 0 Å². The Bertz CT molecular complexity index is 41.8. The van der Waals surface area contributed by atoms with E-state index in [1.54, 1.807) is 7.11 Å². The molecule has 0 heterocycles. The lowest BCUT2D eigenvalue weighted by Crippen LogP contribution is -2.29. The average molecular weight is 116 g/mol. The SMILES string of the molecule is [CH2][C@@H](COC)NCC. The zero-order valence-electron chi connectivity index (χ0n) is 5.61. The predicted octanol–water partition coefficient (Wildman–Crippen LogP) is 0.445. The number of methoxy groups -OCH3 is 1. The van der Waals surface area contributed by atoms with Crippen molar-refractivity contribution in [2.24, 2.45) is 0 Å². The Labute approximate surface area is 51.2 Å². The Morgan fingerprint density at radius 1 is 1.75 bits per heavy atom. The maximum atomic E-state index is 4.83. The summed E-state index contributed by atoms with van der Waals surface area (Å²) < 4.78 is 4.83. The highest BCUT2D eigenvalue weighted by atomic mass is 16.5. The van der Waals surface area contributed by atoms with Crippen LogP contribution in [0.3, 0.4) is 0 Å². The minimum absolute atomic E-state index is 0.241. The van der Waals surface area contributed by atoms with Gasteiger partial charge in [-0.25, -0.2) is 0 Å². The van der Waals surface area contributed by atoms with Crippen LogP contribution in [-0.2, 0) is 4.74 Å². The molecule has 0 aromatic heterocycles. The third kappa shape index (κ3) is 4.09. The minimum atomic E-state index is 0.241. The number of ether oxygens (including phenoxy) is 1. The summed E-state index contributed by atoms with van der Waals surface area (Å²) in [6.45, 7) is 7.48. The van der Waals surface area contributed by atoms with Gasteiger partial charge in [0, 0.05) is 13.2 Å². The summed E-state index contributed by atoms with van der Waals surface area (Å²) in [5, 5.41) is 3.11. The fraction of sp³-hybridized carbons (Fsp3) is 0.833. The van der Waals surface area contributed by atoms with Gasteiger partial charge in [-0.2, -0.15) is 0 Å². The number of hydrogen-bond donors (Lipinski definition) is 1. The fourth-order valence-electron chi connectivity index (χ4n) is 0.549. The number of nitrogens with one attached hydrogen (secondary N) is 1. The quantitative estimate of drug-likeness (QED) is 0.575. The Morgan fingerprint density at radius 2 is 2.38 bits per heavy atom. The molecule has 0 rings (SSSR count). The third-order valence-corrected chi connectivity index (χ3v) is 0.861. The number of hydrogen-bond acceptors (Lipinski definition) is 2. The van der Waals surface area contributed by atoms with Crippen LogP contribution in [0.4, 0.5) is 0 Å². The van der Waals surface area contributed by atoms with Crippen molar-refractivity contribution in [2.45, 2.75) is 13.0 Å². The van der Waals surface area contributed by atoms with Gasteiger partial charge in [0.05, 0.1) is 6.61 Å². The lowest BCUT2D eigenvalue weighted by atomic mass is 10.4. The molecule has 0 aliphatic carbocycles. The molecule has 0 saturated carbocycles. The molecule has 0 spiro atoms. The van der Waals surface area contributed by atoms with Crippen LogP contribution in [0, 0.1) is 6.92 Å². The summed E-state index contributed by atoms with van der Waals surface area (Å²) in [5.41, 5.74) is 0. The monoisotopic (exact) mass is 116 g/mol. The fourth-order valence-corrected chi connectivity index (χ4v) is 0.549. The molecule has 1 N–H and O–H groups in total. The molecule has 2 heteroatoms. The summed E-state index contributed by atoms with van der Waals surface area (Å²) in [5.74, 6) is 0. The summed E-state index contributed by atoms with van der Waals surface area (Å²) in [6.07, 6.45) is 0. The van der Waals surface area contributed by atoms with Crippen LogP contribution in [0.15, 0.2) is 0 Å². The van der Waals surface area contributed by atoms with E-state index in [1.165, 1.54) is 0 Å². The maximum absolute atomic E-state index is 4.83. The second-order valence-corrected chi connectivity index (χ2v) is 1.71. The molecule has 0 saturated heterocycles. The molecule has 0 aliphatic rings. The van der Waals surface area contributed by atoms with Crippen molar-refractivity contribution in [3.05, 3.63) is 6.92 Å². The Kier molecular flexibility index (Phi) is 5.01. The molecule has 0 amide bonds. The van der Waals surface area contributed by atoms with Crippen molar-refractivity contribution in [1.82, 2.24) is 5.32 Å². The Morgan fingerprint density at radius 3 is 2.75 bits per heavy atom. The normalized spacial score (nSPS) is 13.9. The summed E-state index contributed by atoms with van der Waals surface area (Å²) in [7, 11) is 1.68. The van der Waals surface area contributed by atoms with Gasteiger partial charge in [-0.1, -0.05) is 6.92 Å². The van der Waals surface area contributed by atoms with E-state index < -0.39 is 0 Å². The molecule has 1 atom stereocenters.